The Morgan fingerprint density at radius 1 is 1.08 bits per heavy atom. The molecule has 1 N–H and O–H groups in total. The molecular weight excluding hydrogens is 354 g/mol. The van der Waals surface area contributed by atoms with E-state index in [1.165, 1.54) is 11.8 Å². The first-order valence-electron chi connectivity index (χ1n) is 7.95. The quantitative estimate of drug-likeness (QED) is 0.669. The smallest absolute Gasteiger partial charge is 0.277 e. The maximum Gasteiger partial charge on any atom is 0.277 e. The zero-order chi connectivity index (χ0) is 17.8. The Bertz CT molecular complexity index is 914. The van der Waals surface area contributed by atoms with Gasteiger partial charge in [-0.05, 0) is 29.8 Å². The zero-order valence-electron chi connectivity index (χ0n) is 13.7. The van der Waals surface area contributed by atoms with Gasteiger partial charge in [0.15, 0.2) is 11.5 Å². The summed E-state index contributed by atoms with van der Waals surface area (Å²) in [7, 11) is 0. The molecule has 26 heavy (non-hydrogen) atoms. The Hall–Kier alpha value is -3.00. The first-order valence-corrected chi connectivity index (χ1v) is 8.93. The fourth-order valence-electron chi connectivity index (χ4n) is 2.40. The number of aromatic nitrogens is 2. The molecule has 132 valence electrons. The second-order valence-electron chi connectivity index (χ2n) is 5.49. The van der Waals surface area contributed by atoms with Crippen LogP contribution in [0.25, 0.3) is 11.5 Å². The number of nitrogens with zero attached hydrogens (tertiary/aromatic N) is 2. The molecule has 0 bridgehead atoms. The Kier molecular flexibility index (Phi) is 4.74. The largest absolute Gasteiger partial charge is 0.454 e. The van der Waals surface area contributed by atoms with E-state index in [-0.39, 0.29) is 18.5 Å². The molecule has 1 aliphatic heterocycles. The Balaban J connectivity index is 1.27. The third-order valence-corrected chi connectivity index (χ3v) is 4.50. The molecule has 2 aromatic carbocycles. The lowest BCUT2D eigenvalue weighted by atomic mass is 10.2. The topological polar surface area (TPSA) is 86.5 Å². The predicted octanol–water partition coefficient (Wildman–Crippen LogP) is 2.87. The highest BCUT2D eigenvalue weighted by Crippen LogP contribution is 2.32. The van der Waals surface area contributed by atoms with Crippen molar-refractivity contribution in [2.75, 3.05) is 12.5 Å². The average molecular weight is 369 g/mol. The van der Waals surface area contributed by atoms with E-state index in [9.17, 15) is 4.79 Å². The molecule has 1 amide bonds. The Labute approximate surface area is 153 Å². The number of carbonyl (C=O) groups is 1. The van der Waals surface area contributed by atoms with Gasteiger partial charge in [0.25, 0.3) is 5.22 Å². The number of nitrogens with one attached hydrogen (secondary N) is 1. The summed E-state index contributed by atoms with van der Waals surface area (Å²) < 4.78 is 16.2. The van der Waals surface area contributed by atoms with E-state index < -0.39 is 0 Å². The molecule has 0 radical (unpaired) electrons. The molecule has 0 atom stereocenters. The molecule has 0 aliphatic carbocycles. The van der Waals surface area contributed by atoms with Gasteiger partial charge in [0.1, 0.15) is 0 Å². The van der Waals surface area contributed by atoms with E-state index in [1.54, 1.807) is 0 Å². The number of thioether (sulfide) groups is 1. The van der Waals surface area contributed by atoms with Crippen LogP contribution in [0.5, 0.6) is 11.5 Å². The number of hydrogen-bond donors (Lipinski definition) is 1. The number of hydrogen-bond acceptors (Lipinski definition) is 7. The van der Waals surface area contributed by atoms with Gasteiger partial charge >= 0.3 is 0 Å². The summed E-state index contributed by atoms with van der Waals surface area (Å²) in [5, 5.41) is 11.2. The summed E-state index contributed by atoms with van der Waals surface area (Å²) in [4.78, 5) is 12.0. The predicted molar refractivity (Wildman–Crippen MR) is 94.9 cm³/mol. The van der Waals surface area contributed by atoms with E-state index in [1.807, 2.05) is 48.5 Å². The molecule has 0 fully saturated rings. The van der Waals surface area contributed by atoms with Crippen LogP contribution in [-0.2, 0) is 11.3 Å². The van der Waals surface area contributed by atoms with E-state index >= 15 is 0 Å². The lowest BCUT2D eigenvalue weighted by Gasteiger charge is -2.05. The van der Waals surface area contributed by atoms with Gasteiger partial charge in [-0.1, -0.05) is 36.0 Å². The number of carbonyl (C=O) groups excluding carboxylic acids is 1. The fraction of sp³-hybridized carbons (Fsp3) is 0.167. The Morgan fingerprint density at radius 2 is 1.92 bits per heavy atom. The number of amides is 1. The van der Waals surface area contributed by atoms with Gasteiger partial charge in [-0.15, -0.1) is 10.2 Å². The lowest BCUT2D eigenvalue weighted by Crippen LogP contribution is -2.24. The normalized spacial score (nSPS) is 12.2. The first-order chi connectivity index (χ1) is 12.8. The summed E-state index contributed by atoms with van der Waals surface area (Å²) in [5.41, 5.74) is 1.79. The van der Waals surface area contributed by atoms with E-state index in [2.05, 4.69) is 15.5 Å². The molecule has 1 aliphatic rings. The van der Waals surface area contributed by atoms with Crippen LogP contribution < -0.4 is 14.8 Å². The van der Waals surface area contributed by atoms with Crippen molar-refractivity contribution < 1.29 is 18.7 Å². The van der Waals surface area contributed by atoms with Crippen LogP contribution >= 0.6 is 11.8 Å². The zero-order valence-corrected chi connectivity index (χ0v) is 14.5. The third kappa shape index (κ3) is 3.80. The first kappa shape index (κ1) is 16.5. The molecule has 7 nitrogen and oxygen atoms in total. The van der Waals surface area contributed by atoms with Crippen LogP contribution in [0.4, 0.5) is 0 Å². The van der Waals surface area contributed by atoms with Gasteiger partial charge in [0.2, 0.25) is 18.6 Å². The monoisotopic (exact) mass is 369 g/mol. The summed E-state index contributed by atoms with van der Waals surface area (Å²) in [5.74, 6) is 1.94. The minimum Gasteiger partial charge on any atom is -0.454 e. The molecular formula is C18H15N3O4S. The molecule has 3 aromatic rings. The molecule has 1 aromatic heterocycles. The van der Waals surface area contributed by atoms with Crippen LogP contribution in [0.15, 0.2) is 58.2 Å². The van der Waals surface area contributed by atoms with Gasteiger partial charge in [-0.3, -0.25) is 4.79 Å². The lowest BCUT2D eigenvalue weighted by molar-refractivity contribution is -0.118. The van der Waals surface area contributed by atoms with Gasteiger partial charge in [-0.25, -0.2) is 0 Å². The highest BCUT2D eigenvalue weighted by Gasteiger charge is 2.14. The van der Waals surface area contributed by atoms with Crippen LogP contribution in [-0.4, -0.2) is 28.7 Å². The maximum absolute atomic E-state index is 12.0. The maximum atomic E-state index is 12.0. The molecule has 2 heterocycles. The summed E-state index contributed by atoms with van der Waals surface area (Å²) in [6, 6.07) is 15.1. The Morgan fingerprint density at radius 3 is 2.81 bits per heavy atom. The van der Waals surface area contributed by atoms with Crippen molar-refractivity contribution in [3.05, 3.63) is 54.1 Å². The van der Waals surface area contributed by atoms with Crippen molar-refractivity contribution in [1.82, 2.24) is 15.5 Å². The van der Waals surface area contributed by atoms with Crippen molar-refractivity contribution in [2.24, 2.45) is 0 Å². The van der Waals surface area contributed by atoms with Gasteiger partial charge in [0.05, 0.1) is 5.75 Å². The van der Waals surface area contributed by atoms with Gasteiger partial charge < -0.3 is 19.2 Å². The van der Waals surface area contributed by atoms with Crippen molar-refractivity contribution in [3.8, 4) is 23.0 Å². The highest BCUT2D eigenvalue weighted by molar-refractivity contribution is 7.99. The second-order valence-corrected chi connectivity index (χ2v) is 6.42. The molecule has 0 saturated heterocycles. The van der Waals surface area contributed by atoms with E-state index in [0.29, 0.717) is 23.4 Å². The molecule has 0 saturated carbocycles. The number of ether oxygens (including phenoxy) is 2. The van der Waals surface area contributed by atoms with Crippen molar-refractivity contribution in [3.63, 3.8) is 0 Å². The van der Waals surface area contributed by atoms with Crippen molar-refractivity contribution >= 4 is 17.7 Å². The number of fused-ring (bicyclic) bond motifs is 1. The second kappa shape index (κ2) is 7.49. The van der Waals surface area contributed by atoms with Gasteiger partial charge in [-0.2, -0.15) is 0 Å². The number of rotatable bonds is 6. The average Bonchev–Trinajstić information content (AvgIpc) is 3.34. The van der Waals surface area contributed by atoms with Crippen LogP contribution in [0, 0.1) is 0 Å². The van der Waals surface area contributed by atoms with E-state index in [0.717, 1.165) is 16.9 Å². The van der Waals surface area contributed by atoms with E-state index in [4.69, 9.17) is 13.9 Å². The summed E-state index contributed by atoms with van der Waals surface area (Å²) in [6.07, 6.45) is 0. The summed E-state index contributed by atoms with van der Waals surface area (Å²) >= 11 is 1.20. The van der Waals surface area contributed by atoms with Crippen molar-refractivity contribution in [1.29, 1.82) is 0 Å². The van der Waals surface area contributed by atoms with Crippen LogP contribution in [0.1, 0.15) is 5.56 Å². The molecule has 4 rings (SSSR count). The minimum atomic E-state index is -0.118. The highest BCUT2D eigenvalue weighted by atomic mass is 32.2. The van der Waals surface area contributed by atoms with Gasteiger partial charge in [0, 0.05) is 12.1 Å². The van der Waals surface area contributed by atoms with Crippen LogP contribution in [0.3, 0.4) is 0 Å². The third-order valence-electron chi connectivity index (χ3n) is 3.68. The standard InChI is InChI=1S/C18H15N3O4S/c22-16(19-9-12-6-7-14-15(8-12)24-11-23-14)10-26-18-21-20-17(25-18)13-4-2-1-3-5-13/h1-8H,9-11H2,(H,19,22). The molecule has 0 spiro atoms. The minimum absolute atomic E-state index is 0.118. The van der Waals surface area contributed by atoms with Crippen molar-refractivity contribution in [2.45, 2.75) is 11.8 Å². The number of benzene rings is 2. The molecule has 8 heteroatoms. The summed E-state index contributed by atoms with van der Waals surface area (Å²) in [6.45, 7) is 0.645. The molecule has 0 unspecified atom stereocenters. The van der Waals surface area contributed by atoms with Crippen LogP contribution in [0.2, 0.25) is 0 Å². The fourth-order valence-corrected chi connectivity index (χ4v) is 2.99. The SMILES string of the molecule is O=C(CSc1nnc(-c2ccccc2)o1)NCc1ccc2c(c1)OCO2.